The first-order chi connectivity index (χ1) is 10.0. The van der Waals surface area contributed by atoms with Crippen molar-refractivity contribution >= 4 is 5.95 Å². The van der Waals surface area contributed by atoms with Crippen molar-refractivity contribution in [3.8, 4) is 5.69 Å². The maximum Gasteiger partial charge on any atom is 0.207 e. The summed E-state index contributed by atoms with van der Waals surface area (Å²) >= 11 is 0. The lowest BCUT2D eigenvalue weighted by Crippen LogP contribution is -2.10. The summed E-state index contributed by atoms with van der Waals surface area (Å²) in [4.78, 5) is 4.30. The smallest absolute Gasteiger partial charge is 0.207 e. The number of hydrogen-bond acceptors (Lipinski definition) is 3. The molecule has 1 N–H and O–H groups in total. The predicted molar refractivity (Wildman–Crippen MR) is 77.9 cm³/mol. The molecule has 0 atom stereocenters. The number of benzene rings is 1. The molecule has 0 aliphatic carbocycles. The molecule has 0 amide bonds. The van der Waals surface area contributed by atoms with E-state index in [1.807, 2.05) is 0 Å². The van der Waals surface area contributed by atoms with Crippen LogP contribution in [-0.2, 0) is 4.74 Å². The van der Waals surface area contributed by atoms with Crippen molar-refractivity contribution in [1.29, 1.82) is 0 Å². The Morgan fingerprint density at radius 3 is 2.71 bits per heavy atom. The zero-order valence-corrected chi connectivity index (χ0v) is 12.4. The van der Waals surface area contributed by atoms with Gasteiger partial charge in [-0.15, -0.1) is 0 Å². The van der Waals surface area contributed by atoms with E-state index in [9.17, 15) is 8.78 Å². The summed E-state index contributed by atoms with van der Waals surface area (Å²) in [5.74, 6) is -0.430. The molecule has 21 heavy (non-hydrogen) atoms. The number of nitrogens with one attached hydrogen (secondary N) is 1. The van der Waals surface area contributed by atoms with Gasteiger partial charge in [0.05, 0.1) is 11.4 Å². The van der Waals surface area contributed by atoms with E-state index in [4.69, 9.17) is 4.74 Å². The number of halogens is 2. The van der Waals surface area contributed by atoms with Crippen LogP contribution in [0, 0.1) is 25.5 Å². The van der Waals surface area contributed by atoms with Crippen molar-refractivity contribution < 1.29 is 13.5 Å². The standard InChI is InChI=1S/C15H19F2N3O/c1-10-7-13(17)14(8-12(10)16)20-9-11(2)19-15(20)18-5-4-6-21-3/h7-9H,4-6H2,1-3H3,(H,18,19). The molecule has 1 aromatic carbocycles. The van der Waals surface area contributed by atoms with Crippen molar-refractivity contribution in [2.24, 2.45) is 0 Å². The maximum absolute atomic E-state index is 14.1. The highest BCUT2D eigenvalue weighted by molar-refractivity contribution is 5.45. The Labute approximate surface area is 122 Å². The summed E-state index contributed by atoms with van der Waals surface area (Å²) in [6.07, 6.45) is 2.47. The van der Waals surface area contributed by atoms with E-state index in [-0.39, 0.29) is 11.3 Å². The number of nitrogens with zero attached hydrogens (tertiary/aromatic N) is 2. The fraction of sp³-hybridized carbons (Fsp3) is 0.400. The Balaban J connectivity index is 2.29. The van der Waals surface area contributed by atoms with Gasteiger partial charge in [0.15, 0.2) is 0 Å². The Bertz CT molecular complexity index is 626. The molecule has 4 nitrogen and oxygen atoms in total. The van der Waals surface area contributed by atoms with Crippen LogP contribution >= 0.6 is 0 Å². The molecule has 0 unspecified atom stereocenters. The third kappa shape index (κ3) is 3.58. The second-order valence-corrected chi connectivity index (χ2v) is 4.90. The molecule has 0 fully saturated rings. The number of imidazole rings is 1. The molecule has 0 saturated heterocycles. The van der Waals surface area contributed by atoms with E-state index in [0.717, 1.165) is 12.1 Å². The fourth-order valence-electron chi connectivity index (χ4n) is 2.04. The van der Waals surface area contributed by atoms with Crippen molar-refractivity contribution in [3.05, 3.63) is 41.2 Å². The van der Waals surface area contributed by atoms with Crippen molar-refractivity contribution in [2.45, 2.75) is 20.3 Å². The highest BCUT2D eigenvalue weighted by Gasteiger charge is 2.13. The highest BCUT2D eigenvalue weighted by atomic mass is 19.1. The lowest BCUT2D eigenvalue weighted by molar-refractivity contribution is 0.197. The van der Waals surface area contributed by atoms with Crippen molar-refractivity contribution in [1.82, 2.24) is 9.55 Å². The zero-order chi connectivity index (χ0) is 15.4. The van der Waals surface area contributed by atoms with E-state index in [1.54, 1.807) is 20.2 Å². The zero-order valence-electron chi connectivity index (χ0n) is 12.4. The van der Waals surface area contributed by atoms with Crippen LogP contribution in [0.1, 0.15) is 17.7 Å². The minimum Gasteiger partial charge on any atom is -0.385 e. The van der Waals surface area contributed by atoms with Crippen LogP contribution in [0.15, 0.2) is 18.3 Å². The molecular weight excluding hydrogens is 276 g/mol. The molecule has 0 spiro atoms. The molecule has 1 heterocycles. The lowest BCUT2D eigenvalue weighted by atomic mass is 10.2. The number of anilines is 1. The van der Waals surface area contributed by atoms with Gasteiger partial charge in [-0.05, 0) is 31.9 Å². The van der Waals surface area contributed by atoms with Crippen LogP contribution in [0.2, 0.25) is 0 Å². The number of hydrogen-bond donors (Lipinski definition) is 1. The Kier molecular flexibility index (Phi) is 4.90. The largest absolute Gasteiger partial charge is 0.385 e. The van der Waals surface area contributed by atoms with E-state index in [1.165, 1.54) is 23.6 Å². The van der Waals surface area contributed by atoms with Gasteiger partial charge in [-0.2, -0.15) is 0 Å². The van der Waals surface area contributed by atoms with Gasteiger partial charge in [-0.1, -0.05) is 0 Å². The summed E-state index contributed by atoms with van der Waals surface area (Å²) in [5.41, 5.74) is 1.15. The lowest BCUT2D eigenvalue weighted by Gasteiger charge is -2.11. The monoisotopic (exact) mass is 295 g/mol. The van der Waals surface area contributed by atoms with Gasteiger partial charge in [0.2, 0.25) is 5.95 Å². The van der Waals surface area contributed by atoms with Crippen LogP contribution in [0.4, 0.5) is 14.7 Å². The predicted octanol–water partition coefficient (Wildman–Crippen LogP) is 3.22. The first-order valence-corrected chi connectivity index (χ1v) is 6.77. The second-order valence-electron chi connectivity index (χ2n) is 4.90. The van der Waals surface area contributed by atoms with Crippen LogP contribution < -0.4 is 5.32 Å². The van der Waals surface area contributed by atoms with Crippen LogP contribution in [-0.4, -0.2) is 29.8 Å². The third-order valence-electron chi connectivity index (χ3n) is 3.12. The third-order valence-corrected chi connectivity index (χ3v) is 3.12. The molecule has 0 aliphatic heterocycles. The maximum atomic E-state index is 14.1. The molecule has 114 valence electrons. The van der Waals surface area contributed by atoms with Gasteiger partial charge in [-0.3, -0.25) is 4.57 Å². The summed E-state index contributed by atoms with van der Waals surface area (Å²) < 4.78 is 34.3. The molecule has 0 saturated carbocycles. The average Bonchev–Trinajstić information content (AvgIpc) is 2.80. The summed E-state index contributed by atoms with van der Waals surface area (Å²) in [7, 11) is 1.63. The van der Waals surface area contributed by atoms with Crippen molar-refractivity contribution in [3.63, 3.8) is 0 Å². The Morgan fingerprint density at radius 2 is 2.00 bits per heavy atom. The first kappa shape index (κ1) is 15.4. The van der Waals surface area contributed by atoms with E-state index in [0.29, 0.717) is 19.1 Å². The summed E-state index contributed by atoms with van der Waals surface area (Å²) in [6, 6.07) is 2.38. The van der Waals surface area contributed by atoms with Gasteiger partial charge < -0.3 is 10.1 Å². The topological polar surface area (TPSA) is 39.1 Å². The van der Waals surface area contributed by atoms with E-state index in [2.05, 4.69) is 10.3 Å². The van der Waals surface area contributed by atoms with E-state index >= 15 is 0 Å². The van der Waals surface area contributed by atoms with Gasteiger partial charge in [0.1, 0.15) is 11.6 Å². The minimum atomic E-state index is -0.480. The normalized spacial score (nSPS) is 10.9. The Hall–Kier alpha value is -1.95. The minimum absolute atomic E-state index is 0.146. The first-order valence-electron chi connectivity index (χ1n) is 6.77. The van der Waals surface area contributed by atoms with Gasteiger partial charge in [0, 0.05) is 32.5 Å². The summed E-state index contributed by atoms with van der Waals surface area (Å²) in [5, 5.41) is 3.11. The van der Waals surface area contributed by atoms with Crippen LogP contribution in [0.25, 0.3) is 5.69 Å². The number of rotatable bonds is 6. The molecule has 0 bridgehead atoms. The molecule has 2 aromatic rings. The fourth-order valence-corrected chi connectivity index (χ4v) is 2.04. The van der Waals surface area contributed by atoms with E-state index < -0.39 is 11.6 Å². The number of methoxy groups -OCH3 is 1. The van der Waals surface area contributed by atoms with Gasteiger partial charge in [0.25, 0.3) is 0 Å². The molecule has 0 aliphatic rings. The van der Waals surface area contributed by atoms with Crippen LogP contribution in [0.3, 0.4) is 0 Å². The molecule has 1 aromatic heterocycles. The highest BCUT2D eigenvalue weighted by Crippen LogP contribution is 2.22. The number of ether oxygens (including phenoxy) is 1. The molecule has 0 radical (unpaired) electrons. The Morgan fingerprint density at radius 1 is 1.24 bits per heavy atom. The van der Waals surface area contributed by atoms with Crippen molar-refractivity contribution in [2.75, 3.05) is 25.6 Å². The van der Waals surface area contributed by atoms with Gasteiger partial charge in [-0.25, -0.2) is 13.8 Å². The average molecular weight is 295 g/mol. The summed E-state index contributed by atoms with van der Waals surface area (Å²) in [6.45, 7) is 4.60. The second kappa shape index (κ2) is 6.67. The molecule has 6 heteroatoms. The molecular formula is C15H19F2N3O. The number of aromatic nitrogens is 2. The molecule has 2 rings (SSSR count). The van der Waals surface area contributed by atoms with Gasteiger partial charge >= 0.3 is 0 Å². The number of aryl methyl sites for hydroxylation is 2. The SMILES string of the molecule is COCCCNc1nc(C)cn1-c1cc(F)c(C)cc1F. The quantitative estimate of drug-likeness (QED) is 0.832. The van der Waals surface area contributed by atoms with Crippen LogP contribution in [0.5, 0.6) is 0 Å².